The fraction of sp³-hybridized carbons (Fsp3) is 0.556. The van der Waals surface area contributed by atoms with E-state index in [1.807, 2.05) is 39.8 Å². The third-order valence-electron chi connectivity index (χ3n) is 4.10. The zero-order chi connectivity index (χ0) is 18.7. The van der Waals surface area contributed by atoms with Gasteiger partial charge in [0.15, 0.2) is 0 Å². The Morgan fingerprint density at radius 2 is 1.96 bits per heavy atom. The van der Waals surface area contributed by atoms with Crippen molar-refractivity contribution in [2.24, 2.45) is 5.92 Å². The Bertz CT molecular complexity index is 639. The van der Waals surface area contributed by atoms with Gasteiger partial charge in [0.25, 0.3) is 0 Å². The van der Waals surface area contributed by atoms with Gasteiger partial charge in [-0.3, -0.25) is 9.69 Å². The molecule has 0 aromatic heterocycles. The van der Waals surface area contributed by atoms with E-state index in [1.165, 1.54) is 4.90 Å². The number of aliphatic hydroxyl groups is 1. The van der Waals surface area contributed by atoms with E-state index < -0.39 is 18.2 Å². The van der Waals surface area contributed by atoms with Gasteiger partial charge in [-0.05, 0) is 43.0 Å². The summed E-state index contributed by atoms with van der Waals surface area (Å²) >= 11 is 3.43. The second-order valence-corrected chi connectivity index (χ2v) is 7.85. The number of benzene rings is 1. The van der Waals surface area contributed by atoms with Crippen molar-refractivity contribution < 1.29 is 19.4 Å². The Kier molecular flexibility index (Phi) is 6.46. The maximum atomic E-state index is 12.7. The summed E-state index contributed by atoms with van der Waals surface area (Å²) in [6.45, 7) is 8.08. The minimum atomic E-state index is -0.739. The number of halogens is 1. The van der Waals surface area contributed by atoms with Crippen LogP contribution in [0.15, 0.2) is 16.6 Å². The number of carbonyl (C=O) groups is 2. The molecule has 7 heteroatoms. The molecule has 0 unspecified atom stereocenters. The number of nitrogens with one attached hydrogen (secondary N) is 1. The summed E-state index contributed by atoms with van der Waals surface area (Å²) < 4.78 is 6.16. The monoisotopic (exact) mass is 412 g/mol. The number of ether oxygens (including phenoxy) is 1. The molecule has 1 aromatic carbocycles. The molecule has 0 bridgehead atoms. The van der Waals surface area contributed by atoms with Crippen molar-refractivity contribution in [3.05, 3.63) is 27.7 Å². The molecule has 0 aliphatic carbocycles. The van der Waals surface area contributed by atoms with Crippen molar-refractivity contribution in [1.29, 1.82) is 0 Å². The quantitative estimate of drug-likeness (QED) is 0.795. The van der Waals surface area contributed by atoms with E-state index in [1.54, 1.807) is 0 Å². The second kappa shape index (κ2) is 8.19. The lowest BCUT2D eigenvalue weighted by atomic mass is 10.1. The minimum Gasteiger partial charge on any atom is -0.449 e. The van der Waals surface area contributed by atoms with Crippen LogP contribution >= 0.6 is 15.9 Å². The van der Waals surface area contributed by atoms with Gasteiger partial charge in [0.05, 0.1) is 19.3 Å². The van der Waals surface area contributed by atoms with Crippen molar-refractivity contribution in [1.82, 2.24) is 4.90 Å². The SMILES string of the molecule is Cc1cc(Br)cc(C)c1NC(=O)[C@H]1C[C@H](O)CN1C(=O)OCC(C)C. The molecule has 138 valence electrons. The third-order valence-corrected chi connectivity index (χ3v) is 4.56. The standard InChI is InChI=1S/C18H25BrN2O4/c1-10(2)9-25-18(24)21-8-14(22)7-15(21)17(23)20-16-11(3)5-13(19)6-12(16)4/h5-6,10,14-15,22H,7-9H2,1-4H3,(H,20,23)/t14-,15+/m0/s1. The van der Waals surface area contributed by atoms with E-state index in [9.17, 15) is 14.7 Å². The van der Waals surface area contributed by atoms with E-state index in [-0.39, 0.29) is 31.4 Å². The summed E-state index contributed by atoms with van der Waals surface area (Å²) in [7, 11) is 0. The summed E-state index contributed by atoms with van der Waals surface area (Å²) in [5.41, 5.74) is 2.57. The first-order valence-corrected chi connectivity index (χ1v) is 9.17. The molecule has 1 aliphatic rings. The minimum absolute atomic E-state index is 0.104. The lowest BCUT2D eigenvalue weighted by Crippen LogP contribution is -2.44. The smallest absolute Gasteiger partial charge is 0.410 e. The average Bonchev–Trinajstić information content (AvgIpc) is 2.90. The van der Waals surface area contributed by atoms with Crippen molar-refractivity contribution in [2.75, 3.05) is 18.5 Å². The number of rotatable bonds is 4. The summed E-state index contributed by atoms with van der Waals surface area (Å²) in [5.74, 6) is -0.108. The molecule has 0 spiro atoms. The predicted molar refractivity (Wildman–Crippen MR) is 99.5 cm³/mol. The van der Waals surface area contributed by atoms with Crippen LogP contribution in [0, 0.1) is 19.8 Å². The highest BCUT2D eigenvalue weighted by molar-refractivity contribution is 9.10. The molecule has 2 amide bonds. The average molecular weight is 413 g/mol. The van der Waals surface area contributed by atoms with Crippen LogP contribution in [0.3, 0.4) is 0 Å². The fourth-order valence-electron chi connectivity index (χ4n) is 2.90. The number of nitrogens with zero attached hydrogens (tertiary/aromatic N) is 1. The van der Waals surface area contributed by atoms with Crippen molar-refractivity contribution in [3.63, 3.8) is 0 Å². The maximum Gasteiger partial charge on any atom is 0.410 e. The topological polar surface area (TPSA) is 78.9 Å². The highest BCUT2D eigenvalue weighted by atomic mass is 79.9. The van der Waals surface area contributed by atoms with Gasteiger partial charge in [0.2, 0.25) is 5.91 Å². The fourth-order valence-corrected chi connectivity index (χ4v) is 3.59. The Balaban J connectivity index is 2.12. The van der Waals surface area contributed by atoms with E-state index >= 15 is 0 Å². The zero-order valence-corrected chi connectivity index (χ0v) is 16.6. The van der Waals surface area contributed by atoms with Crippen LogP contribution in [0.25, 0.3) is 0 Å². The van der Waals surface area contributed by atoms with Crippen LogP contribution in [-0.4, -0.2) is 47.3 Å². The van der Waals surface area contributed by atoms with E-state index in [0.29, 0.717) is 0 Å². The molecule has 1 heterocycles. The number of aliphatic hydroxyl groups excluding tert-OH is 1. The Morgan fingerprint density at radius 1 is 1.36 bits per heavy atom. The molecule has 2 N–H and O–H groups in total. The number of carbonyl (C=O) groups excluding carboxylic acids is 2. The molecule has 0 saturated carbocycles. The normalized spacial score (nSPS) is 20.0. The second-order valence-electron chi connectivity index (χ2n) is 6.93. The van der Waals surface area contributed by atoms with Gasteiger partial charge in [-0.2, -0.15) is 0 Å². The first-order chi connectivity index (χ1) is 11.7. The molecule has 1 saturated heterocycles. The van der Waals surface area contributed by atoms with E-state index in [4.69, 9.17) is 4.74 Å². The number of hydrogen-bond donors (Lipinski definition) is 2. The van der Waals surface area contributed by atoms with Crippen LogP contribution in [0.2, 0.25) is 0 Å². The maximum absolute atomic E-state index is 12.7. The third kappa shape index (κ3) is 4.95. The Hall–Kier alpha value is -1.60. The number of hydrogen-bond acceptors (Lipinski definition) is 4. The van der Waals surface area contributed by atoms with Crippen LogP contribution in [0.4, 0.5) is 10.5 Å². The molecule has 1 fully saturated rings. The number of β-amino-alcohol motifs (C(OH)–C–C–N with tert-alkyl or cyclic N) is 1. The van der Waals surface area contributed by atoms with E-state index in [2.05, 4.69) is 21.2 Å². The number of aryl methyl sites for hydroxylation is 2. The molecule has 2 atom stereocenters. The van der Waals surface area contributed by atoms with Crippen molar-refractivity contribution in [2.45, 2.75) is 46.3 Å². The van der Waals surface area contributed by atoms with Crippen LogP contribution < -0.4 is 5.32 Å². The summed E-state index contributed by atoms with van der Waals surface area (Å²) in [5, 5.41) is 12.8. The van der Waals surface area contributed by atoms with Gasteiger partial charge in [-0.1, -0.05) is 29.8 Å². The molecule has 1 aliphatic heterocycles. The Labute approximate surface area is 156 Å². The highest BCUT2D eigenvalue weighted by Gasteiger charge is 2.40. The van der Waals surface area contributed by atoms with Gasteiger partial charge in [-0.15, -0.1) is 0 Å². The molecule has 6 nitrogen and oxygen atoms in total. The Morgan fingerprint density at radius 3 is 2.52 bits per heavy atom. The summed E-state index contributed by atoms with van der Waals surface area (Å²) in [6, 6.07) is 3.10. The molecule has 25 heavy (non-hydrogen) atoms. The number of amides is 2. The van der Waals surface area contributed by atoms with E-state index in [0.717, 1.165) is 21.3 Å². The van der Waals surface area contributed by atoms with Gasteiger partial charge in [0.1, 0.15) is 6.04 Å². The van der Waals surface area contributed by atoms with Crippen LogP contribution in [0.1, 0.15) is 31.4 Å². The molecule has 1 aromatic rings. The van der Waals surface area contributed by atoms with Crippen LogP contribution in [-0.2, 0) is 9.53 Å². The first kappa shape index (κ1) is 19.7. The summed E-state index contributed by atoms with van der Waals surface area (Å²) in [6.07, 6.45) is -1.08. The molecular formula is C18H25BrN2O4. The zero-order valence-electron chi connectivity index (χ0n) is 15.0. The van der Waals surface area contributed by atoms with Gasteiger partial charge in [-0.25, -0.2) is 4.79 Å². The largest absolute Gasteiger partial charge is 0.449 e. The molecule has 0 radical (unpaired) electrons. The number of likely N-dealkylation sites (tertiary alicyclic amines) is 1. The van der Waals surface area contributed by atoms with Gasteiger partial charge >= 0.3 is 6.09 Å². The lowest BCUT2D eigenvalue weighted by Gasteiger charge is -2.24. The number of anilines is 1. The van der Waals surface area contributed by atoms with Gasteiger partial charge < -0.3 is 15.2 Å². The predicted octanol–water partition coefficient (Wildman–Crippen LogP) is 3.23. The van der Waals surface area contributed by atoms with Gasteiger partial charge in [0, 0.05) is 16.6 Å². The van der Waals surface area contributed by atoms with Crippen molar-refractivity contribution in [3.8, 4) is 0 Å². The van der Waals surface area contributed by atoms with Crippen LogP contribution in [0.5, 0.6) is 0 Å². The highest BCUT2D eigenvalue weighted by Crippen LogP contribution is 2.27. The molecule has 2 rings (SSSR count). The van der Waals surface area contributed by atoms with Crippen molar-refractivity contribution >= 4 is 33.6 Å². The first-order valence-electron chi connectivity index (χ1n) is 8.38. The molecular weight excluding hydrogens is 388 g/mol. The summed E-state index contributed by atoms with van der Waals surface area (Å²) in [4.78, 5) is 26.3. The lowest BCUT2D eigenvalue weighted by molar-refractivity contribution is -0.120.